The van der Waals surface area contributed by atoms with Crippen molar-refractivity contribution in [2.75, 3.05) is 7.11 Å². The maximum absolute atomic E-state index is 4.89. The molecule has 2 nitrogen and oxygen atoms in total. The molecule has 0 bridgehead atoms. The minimum Gasteiger partial charge on any atom is -0.870 e. The Morgan fingerprint density at radius 1 is 1.30 bits per heavy atom. The zero-order valence-electron chi connectivity index (χ0n) is 6.16. The number of rotatable bonds is 1. The second kappa shape index (κ2) is 7.09. The van der Waals surface area contributed by atoms with Crippen LogP contribution in [0.3, 0.4) is 0 Å². The molecule has 0 aliphatic heterocycles. The van der Waals surface area contributed by atoms with E-state index in [9.17, 15) is 0 Å². The Bertz CT molecular complexity index is 153. The Balaban J connectivity index is 0. The molecule has 0 spiro atoms. The zero-order valence-corrected chi connectivity index (χ0v) is 8.16. The minimum absolute atomic E-state index is 0. The van der Waals surface area contributed by atoms with Crippen LogP contribution >= 0.6 is 0 Å². The van der Waals surface area contributed by atoms with Crippen LogP contribution in [-0.4, -0.2) is 12.6 Å². The summed E-state index contributed by atoms with van der Waals surface area (Å²) in [5.41, 5.74) is 0. The average molecular weight is 147 g/mol. The molecule has 0 atom stereocenters. The average Bonchev–Trinajstić information content (AvgIpc) is 1.90. The predicted molar refractivity (Wildman–Crippen MR) is 33.8 cm³/mol. The molecule has 1 aromatic rings. The first-order chi connectivity index (χ1) is 3.93. The Hall–Kier alpha value is -0.0200. The fourth-order valence-corrected chi connectivity index (χ4v) is 0.508. The van der Waals surface area contributed by atoms with Gasteiger partial charge in [-0.25, -0.2) is 0 Å². The molecular weight excluding hydrogens is 139 g/mol. The number of ether oxygens (including phenoxy) is 1. The van der Waals surface area contributed by atoms with Gasteiger partial charge in [0, 0.05) is 5.75 Å². The van der Waals surface area contributed by atoms with Crippen molar-refractivity contribution in [1.29, 1.82) is 0 Å². The molecule has 0 aliphatic rings. The van der Waals surface area contributed by atoms with Gasteiger partial charge in [-0.1, -0.05) is 0 Å². The molecule has 1 N–H and O–H groups in total. The van der Waals surface area contributed by atoms with Gasteiger partial charge in [0.2, 0.25) is 0 Å². The molecule has 0 saturated carbocycles. The van der Waals surface area contributed by atoms with E-state index in [1.54, 1.807) is 7.11 Å². The van der Waals surface area contributed by atoms with Gasteiger partial charge >= 0.3 is 29.6 Å². The van der Waals surface area contributed by atoms with Crippen LogP contribution < -0.4 is 34.3 Å². The number of hydrogen-bond donors (Lipinski definition) is 0. The van der Waals surface area contributed by atoms with E-state index in [1.165, 1.54) is 0 Å². The van der Waals surface area contributed by atoms with Crippen molar-refractivity contribution in [3.63, 3.8) is 0 Å². The van der Waals surface area contributed by atoms with Crippen LogP contribution in [0.4, 0.5) is 0 Å². The van der Waals surface area contributed by atoms with Crippen molar-refractivity contribution in [1.82, 2.24) is 0 Å². The third-order valence-electron chi connectivity index (χ3n) is 0.923. The number of methoxy groups -OCH3 is 1. The van der Waals surface area contributed by atoms with Crippen LogP contribution in [0.1, 0.15) is 0 Å². The second-order valence-corrected chi connectivity index (χ2v) is 1.44. The van der Waals surface area contributed by atoms with E-state index in [2.05, 4.69) is 6.07 Å². The third-order valence-corrected chi connectivity index (χ3v) is 0.923. The smallest absolute Gasteiger partial charge is 0.870 e. The van der Waals surface area contributed by atoms with E-state index in [-0.39, 0.29) is 35.0 Å². The predicted octanol–water partition coefficient (Wildman–Crippen LogP) is -1.68. The van der Waals surface area contributed by atoms with Crippen molar-refractivity contribution in [2.45, 2.75) is 0 Å². The summed E-state index contributed by atoms with van der Waals surface area (Å²) < 4.78 is 4.89. The van der Waals surface area contributed by atoms with Crippen LogP contribution in [0.2, 0.25) is 0 Å². The van der Waals surface area contributed by atoms with E-state index in [1.807, 2.05) is 24.3 Å². The van der Waals surface area contributed by atoms with Crippen LogP contribution in [0, 0.1) is 6.07 Å². The Morgan fingerprint density at radius 2 is 1.80 bits per heavy atom. The van der Waals surface area contributed by atoms with Crippen molar-refractivity contribution in [3.8, 4) is 5.75 Å². The first kappa shape index (κ1) is 12.6. The first-order valence-corrected chi connectivity index (χ1v) is 2.43. The van der Waals surface area contributed by atoms with Crippen LogP contribution in [0.25, 0.3) is 0 Å². The molecule has 1 rings (SSSR count). The maximum atomic E-state index is 4.89. The van der Waals surface area contributed by atoms with Crippen molar-refractivity contribution in [3.05, 3.63) is 30.3 Å². The monoisotopic (exact) mass is 147 g/mol. The van der Waals surface area contributed by atoms with Crippen LogP contribution in [0.5, 0.6) is 5.75 Å². The van der Waals surface area contributed by atoms with Crippen molar-refractivity contribution in [2.24, 2.45) is 0 Å². The molecule has 0 unspecified atom stereocenters. The normalized spacial score (nSPS) is 6.90. The molecule has 0 saturated heterocycles. The van der Waals surface area contributed by atoms with Gasteiger partial charge in [0.05, 0.1) is 7.11 Å². The fraction of sp³-hybridized carbons (Fsp3) is 0.143. The molecule has 0 aromatic heterocycles. The molecule has 3 heteroatoms. The molecule has 1 aromatic carbocycles. The van der Waals surface area contributed by atoms with E-state index in [0.29, 0.717) is 0 Å². The van der Waals surface area contributed by atoms with Crippen LogP contribution in [0.15, 0.2) is 24.3 Å². The van der Waals surface area contributed by atoms with Crippen molar-refractivity contribution >= 4 is 0 Å². The van der Waals surface area contributed by atoms with Crippen molar-refractivity contribution < 1.29 is 39.8 Å². The number of benzene rings is 1. The molecule has 50 valence electrons. The Morgan fingerprint density at radius 3 is 2.10 bits per heavy atom. The molecule has 10 heavy (non-hydrogen) atoms. The Labute approximate surface area is 82.8 Å². The molecule has 0 amide bonds. The summed E-state index contributed by atoms with van der Waals surface area (Å²) >= 11 is 0. The Kier molecular flexibility index (Phi) is 8.96. The summed E-state index contributed by atoms with van der Waals surface area (Å²) in [5, 5.41) is 0. The van der Waals surface area contributed by atoms with E-state index < -0.39 is 0 Å². The summed E-state index contributed by atoms with van der Waals surface area (Å²) in [5.74, 6) is 0.878. The summed E-state index contributed by atoms with van der Waals surface area (Å²) in [6.07, 6.45) is 0. The van der Waals surface area contributed by atoms with Gasteiger partial charge in [0.1, 0.15) is 0 Å². The standard InChI is InChI=1S/C7H7O.Na.H2O/c1-8-7-5-3-2-4-6-7;;/h3-6H,1H3;;1H2/q-1;+1;/p-1. The first-order valence-electron chi connectivity index (χ1n) is 2.43. The summed E-state index contributed by atoms with van der Waals surface area (Å²) in [7, 11) is 1.65. The zero-order chi connectivity index (χ0) is 5.82. The van der Waals surface area contributed by atoms with Gasteiger partial charge in [-0.15, -0.1) is 12.1 Å². The quantitative estimate of drug-likeness (QED) is 0.351. The van der Waals surface area contributed by atoms with Gasteiger partial charge in [0.25, 0.3) is 0 Å². The van der Waals surface area contributed by atoms with E-state index in [4.69, 9.17) is 4.74 Å². The topological polar surface area (TPSA) is 39.2 Å². The summed E-state index contributed by atoms with van der Waals surface area (Å²) in [6, 6.07) is 10.2. The van der Waals surface area contributed by atoms with Gasteiger partial charge in [0.15, 0.2) is 0 Å². The van der Waals surface area contributed by atoms with Gasteiger partial charge in [-0.05, 0) is 0 Å². The molecule has 0 radical (unpaired) electrons. The summed E-state index contributed by atoms with van der Waals surface area (Å²) in [4.78, 5) is 0. The minimum atomic E-state index is 0. The second-order valence-electron chi connectivity index (χ2n) is 1.44. The molecule has 0 heterocycles. The third kappa shape index (κ3) is 3.90. The molecule has 0 aliphatic carbocycles. The van der Waals surface area contributed by atoms with Gasteiger partial charge < -0.3 is 10.2 Å². The maximum Gasteiger partial charge on any atom is 1.00 e. The van der Waals surface area contributed by atoms with E-state index >= 15 is 0 Å². The SMILES string of the molecule is COc1cc[c-]cc1.[Na+].[OH-]. The molecule has 0 fully saturated rings. The largest absolute Gasteiger partial charge is 1.00 e. The fourth-order valence-electron chi connectivity index (χ4n) is 0.508. The molecular formula is C7H8NaO2-. The van der Waals surface area contributed by atoms with E-state index in [0.717, 1.165) is 5.75 Å². The van der Waals surface area contributed by atoms with Gasteiger partial charge in [-0.3, -0.25) is 0 Å². The van der Waals surface area contributed by atoms with Gasteiger partial charge in [-0.2, -0.15) is 18.2 Å². The number of hydrogen-bond acceptors (Lipinski definition) is 2. The van der Waals surface area contributed by atoms with Crippen LogP contribution in [-0.2, 0) is 0 Å². The summed E-state index contributed by atoms with van der Waals surface area (Å²) in [6.45, 7) is 0.